The van der Waals surface area contributed by atoms with E-state index in [-0.39, 0.29) is 18.1 Å². The molecule has 0 spiro atoms. The zero-order valence-corrected chi connectivity index (χ0v) is 12.9. The summed E-state index contributed by atoms with van der Waals surface area (Å²) in [4.78, 5) is 0. The van der Waals surface area contributed by atoms with E-state index in [9.17, 15) is 8.42 Å². The van der Waals surface area contributed by atoms with Crippen LogP contribution < -0.4 is 5.73 Å². The van der Waals surface area contributed by atoms with Gasteiger partial charge in [-0.25, -0.2) is 0 Å². The Labute approximate surface area is 117 Å². The molecule has 19 heavy (non-hydrogen) atoms. The molecule has 0 amide bonds. The fraction of sp³-hybridized carbons (Fsp3) is 1.00. The highest BCUT2D eigenvalue weighted by Crippen LogP contribution is 2.38. The maximum absolute atomic E-state index is 12.8. The summed E-state index contributed by atoms with van der Waals surface area (Å²) in [7, 11) is -3.30. The van der Waals surface area contributed by atoms with Gasteiger partial charge in [0.05, 0.1) is 0 Å². The lowest BCUT2D eigenvalue weighted by atomic mass is 10.0. The number of piperidine rings is 1. The van der Waals surface area contributed by atoms with E-state index in [1.54, 1.807) is 8.61 Å². The van der Waals surface area contributed by atoms with Crippen LogP contribution in [0.1, 0.15) is 52.4 Å². The van der Waals surface area contributed by atoms with Crippen LogP contribution in [0.4, 0.5) is 0 Å². The maximum Gasteiger partial charge on any atom is 0.282 e. The highest BCUT2D eigenvalue weighted by Gasteiger charge is 2.47. The van der Waals surface area contributed by atoms with Gasteiger partial charge in [-0.1, -0.05) is 13.8 Å². The van der Waals surface area contributed by atoms with Crippen molar-refractivity contribution < 1.29 is 8.42 Å². The van der Waals surface area contributed by atoms with Crippen LogP contribution in [0.3, 0.4) is 0 Å². The number of fused-ring (bicyclic) bond motifs is 2. The zero-order chi connectivity index (χ0) is 14.0. The Morgan fingerprint density at radius 1 is 1.11 bits per heavy atom. The van der Waals surface area contributed by atoms with Crippen molar-refractivity contribution in [2.75, 3.05) is 13.1 Å². The van der Waals surface area contributed by atoms with Crippen LogP contribution in [0.15, 0.2) is 0 Å². The van der Waals surface area contributed by atoms with Gasteiger partial charge in [-0.05, 0) is 38.5 Å². The van der Waals surface area contributed by atoms with Crippen LogP contribution >= 0.6 is 0 Å². The average molecular weight is 289 g/mol. The van der Waals surface area contributed by atoms with Gasteiger partial charge in [0.15, 0.2) is 0 Å². The predicted octanol–water partition coefficient (Wildman–Crippen LogP) is 1.31. The van der Waals surface area contributed by atoms with Crippen LogP contribution in [0.25, 0.3) is 0 Å². The van der Waals surface area contributed by atoms with Crippen LogP contribution in [-0.4, -0.2) is 48.2 Å². The van der Waals surface area contributed by atoms with Gasteiger partial charge in [0.2, 0.25) is 0 Å². The van der Waals surface area contributed by atoms with Crippen LogP contribution in [0.2, 0.25) is 0 Å². The number of nitrogens with zero attached hydrogens (tertiary/aromatic N) is 2. The minimum absolute atomic E-state index is 0.134. The lowest BCUT2D eigenvalue weighted by Crippen LogP contribution is -2.54. The van der Waals surface area contributed by atoms with E-state index in [1.165, 1.54) is 0 Å². The first-order valence-corrected chi connectivity index (χ1v) is 8.94. The lowest BCUT2D eigenvalue weighted by Gasteiger charge is -2.39. The van der Waals surface area contributed by atoms with E-state index in [0.717, 1.165) is 38.5 Å². The molecule has 0 aromatic carbocycles. The van der Waals surface area contributed by atoms with E-state index in [0.29, 0.717) is 13.1 Å². The van der Waals surface area contributed by atoms with Crippen molar-refractivity contribution in [2.24, 2.45) is 5.73 Å². The molecule has 5 nitrogen and oxygen atoms in total. The molecule has 2 fully saturated rings. The first-order valence-electron chi connectivity index (χ1n) is 7.54. The molecule has 6 heteroatoms. The van der Waals surface area contributed by atoms with Gasteiger partial charge in [0, 0.05) is 31.2 Å². The highest BCUT2D eigenvalue weighted by molar-refractivity contribution is 7.86. The third kappa shape index (κ3) is 2.96. The van der Waals surface area contributed by atoms with Crippen molar-refractivity contribution in [2.45, 2.75) is 70.5 Å². The molecule has 2 atom stereocenters. The monoisotopic (exact) mass is 289 g/mol. The van der Waals surface area contributed by atoms with E-state index >= 15 is 0 Å². The lowest BCUT2D eigenvalue weighted by molar-refractivity contribution is 0.209. The van der Waals surface area contributed by atoms with Crippen molar-refractivity contribution in [1.29, 1.82) is 0 Å². The van der Waals surface area contributed by atoms with E-state index in [1.807, 2.05) is 13.8 Å². The molecular formula is C13H27N3O2S. The van der Waals surface area contributed by atoms with Crippen LogP contribution in [0.5, 0.6) is 0 Å². The van der Waals surface area contributed by atoms with Gasteiger partial charge < -0.3 is 5.73 Å². The van der Waals surface area contributed by atoms with Crippen molar-refractivity contribution >= 4 is 10.2 Å². The van der Waals surface area contributed by atoms with Crippen molar-refractivity contribution in [3.05, 3.63) is 0 Å². The predicted molar refractivity (Wildman–Crippen MR) is 76.9 cm³/mol. The third-order valence-corrected chi connectivity index (χ3v) is 6.39. The Morgan fingerprint density at radius 2 is 1.58 bits per heavy atom. The quantitative estimate of drug-likeness (QED) is 0.801. The number of rotatable bonds is 6. The average Bonchev–Trinajstić information content (AvgIpc) is 2.63. The molecule has 2 heterocycles. The van der Waals surface area contributed by atoms with Crippen LogP contribution in [0, 0.1) is 0 Å². The number of hydrogen-bond acceptors (Lipinski definition) is 3. The summed E-state index contributed by atoms with van der Waals surface area (Å²) in [5.41, 5.74) is 6.02. The summed E-state index contributed by atoms with van der Waals surface area (Å²) in [5, 5.41) is 0. The van der Waals surface area contributed by atoms with Crippen molar-refractivity contribution in [3.8, 4) is 0 Å². The molecule has 0 aromatic rings. The van der Waals surface area contributed by atoms with Gasteiger partial charge in [-0.2, -0.15) is 17.0 Å². The first-order chi connectivity index (χ1) is 9.00. The van der Waals surface area contributed by atoms with Gasteiger partial charge >= 0.3 is 0 Å². The summed E-state index contributed by atoms with van der Waals surface area (Å²) in [6, 6.07) is 0.444. The Kier molecular flexibility index (Phi) is 4.87. The maximum atomic E-state index is 12.8. The molecule has 2 aliphatic heterocycles. The van der Waals surface area contributed by atoms with Crippen LogP contribution in [-0.2, 0) is 10.2 Å². The summed E-state index contributed by atoms with van der Waals surface area (Å²) >= 11 is 0. The molecule has 2 N–H and O–H groups in total. The Morgan fingerprint density at radius 3 is 2.00 bits per heavy atom. The molecular weight excluding hydrogens is 262 g/mol. The molecule has 2 saturated heterocycles. The molecule has 2 rings (SSSR count). The highest BCUT2D eigenvalue weighted by atomic mass is 32.2. The molecule has 0 radical (unpaired) electrons. The minimum Gasteiger partial charge on any atom is -0.328 e. The largest absolute Gasteiger partial charge is 0.328 e. The van der Waals surface area contributed by atoms with Gasteiger partial charge in [-0.15, -0.1) is 0 Å². The van der Waals surface area contributed by atoms with E-state index in [2.05, 4.69) is 0 Å². The van der Waals surface area contributed by atoms with Gasteiger partial charge in [-0.3, -0.25) is 0 Å². The molecule has 0 aromatic heterocycles. The smallest absolute Gasteiger partial charge is 0.282 e. The summed E-state index contributed by atoms with van der Waals surface area (Å²) in [6.07, 6.45) is 5.32. The summed E-state index contributed by atoms with van der Waals surface area (Å²) < 4.78 is 29.1. The van der Waals surface area contributed by atoms with E-state index < -0.39 is 10.2 Å². The molecule has 2 unspecified atom stereocenters. The Balaban J connectivity index is 2.19. The summed E-state index contributed by atoms with van der Waals surface area (Å²) in [6.45, 7) is 5.30. The molecule has 112 valence electrons. The van der Waals surface area contributed by atoms with E-state index in [4.69, 9.17) is 5.73 Å². The normalized spacial score (nSPS) is 32.1. The standard InChI is InChI=1S/C13H27N3O2S/c1-3-7-15(8-4-2)19(17,18)16-12-5-6-13(16)10-11(14)9-12/h11-13H,3-10,14H2,1-2H3. The first kappa shape index (κ1) is 15.2. The van der Waals surface area contributed by atoms with Gasteiger partial charge in [0.1, 0.15) is 0 Å². The Hall–Kier alpha value is -0.170. The zero-order valence-electron chi connectivity index (χ0n) is 12.1. The second-order valence-electron chi connectivity index (χ2n) is 5.85. The van der Waals surface area contributed by atoms with Crippen molar-refractivity contribution in [1.82, 2.24) is 8.61 Å². The fourth-order valence-electron chi connectivity index (χ4n) is 3.53. The molecule has 2 bridgehead atoms. The second kappa shape index (κ2) is 6.08. The number of hydrogen-bond donors (Lipinski definition) is 1. The van der Waals surface area contributed by atoms with Crippen molar-refractivity contribution in [3.63, 3.8) is 0 Å². The third-order valence-electron chi connectivity index (χ3n) is 4.24. The SMILES string of the molecule is CCCN(CCC)S(=O)(=O)N1C2CCC1CC(N)C2. The van der Waals surface area contributed by atoms with Gasteiger partial charge in [0.25, 0.3) is 10.2 Å². The Bertz CT molecular complexity index is 379. The molecule has 0 aliphatic carbocycles. The topological polar surface area (TPSA) is 66.6 Å². The minimum atomic E-state index is -3.30. The fourth-order valence-corrected chi connectivity index (χ4v) is 5.76. The molecule has 2 aliphatic rings. The molecule has 0 saturated carbocycles. The summed E-state index contributed by atoms with van der Waals surface area (Å²) in [5.74, 6) is 0. The number of nitrogens with two attached hydrogens (primary N) is 1. The second-order valence-corrected chi connectivity index (χ2v) is 7.69.